The van der Waals surface area contributed by atoms with Crippen molar-refractivity contribution in [2.45, 2.75) is 39.8 Å². The summed E-state index contributed by atoms with van der Waals surface area (Å²) >= 11 is 0. The number of hydrogen-bond donors (Lipinski definition) is 1. The monoisotopic (exact) mass is 275 g/mol. The highest BCUT2D eigenvalue weighted by molar-refractivity contribution is 5.76. The molecule has 2 rings (SSSR count). The van der Waals surface area contributed by atoms with E-state index < -0.39 is 0 Å². The molecule has 1 aromatic heterocycles. The summed E-state index contributed by atoms with van der Waals surface area (Å²) < 4.78 is 7.68. The molecule has 0 aliphatic rings. The molecule has 0 amide bonds. The van der Waals surface area contributed by atoms with Crippen LogP contribution in [-0.2, 0) is 11.3 Å². The van der Waals surface area contributed by atoms with Gasteiger partial charge in [0.05, 0.1) is 17.1 Å². The molecular formula is C16H25N3O. The van der Waals surface area contributed by atoms with Crippen LogP contribution in [0.4, 0.5) is 0 Å². The van der Waals surface area contributed by atoms with Crippen molar-refractivity contribution in [3.05, 3.63) is 30.1 Å². The Labute approximate surface area is 120 Å². The highest BCUT2D eigenvalue weighted by Gasteiger charge is 2.19. The molecule has 2 aromatic rings. The van der Waals surface area contributed by atoms with Crippen molar-refractivity contribution in [3.63, 3.8) is 0 Å². The summed E-state index contributed by atoms with van der Waals surface area (Å²) in [5.74, 6) is 1.36. The fraction of sp³-hybridized carbons (Fsp3) is 0.562. The van der Waals surface area contributed by atoms with E-state index in [1.54, 1.807) is 0 Å². The van der Waals surface area contributed by atoms with E-state index >= 15 is 0 Å². The molecule has 0 radical (unpaired) electrons. The van der Waals surface area contributed by atoms with Crippen molar-refractivity contribution < 1.29 is 4.74 Å². The second-order valence-electron chi connectivity index (χ2n) is 5.43. The predicted molar refractivity (Wildman–Crippen MR) is 82.6 cm³/mol. The van der Waals surface area contributed by atoms with Crippen LogP contribution >= 0.6 is 0 Å². The largest absolute Gasteiger partial charge is 0.382 e. The summed E-state index contributed by atoms with van der Waals surface area (Å²) in [6.07, 6.45) is 0.978. The number of para-hydroxylation sites is 2. The Morgan fingerprint density at radius 2 is 2.05 bits per heavy atom. The van der Waals surface area contributed by atoms with Crippen molar-refractivity contribution in [3.8, 4) is 0 Å². The van der Waals surface area contributed by atoms with Crippen LogP contribution in [0, 0.1) is 5.92 Å². The molecule has 110 valence electrons. The highest BCUT2D eigenvalue weighted by atomic mass is 16.5. The van der Waals surface area contributed by atoms with Gasteiger partial charge >= 0.3 is 0 Å². The first-order valence-corrected chi connectivity index (χ1v) is 7.43. The molecule has 0 aliphatic heterocycles. The average molecular weight is 275 g/mol. The van der Waals surface area contributed by atoms with Gasteiger partial charge in [0.2, 0.25) is 0 Å². The fourth-order valence-corrected chi connectivity index (χ4v) is 2.35. The van der Waals surface area contributed by atoms with E-state index in [1.165, 1.54) is 0 Å². The molecule has 0 bridgehead atoms. The first kappa shape index (κ1) is 15.0. The predicted octanol–water partition coefficient (Wildman–Crippen LogP) is 3.12. The van der Waals surface area contributed by atoms with Gasteiger partial charge in [-0.05, 0) is 31.4 Å². The summed E-state index contributed by atoms with van der Waals surface area (Å²) in [5, 5.41) is 0. The number of rotatable bonds is 7. The minimum absolute atomic E-state index is 0.0329. The molecule has 1 unspecified atom stereocenters. The van der Waals surface area contributed by atoms with Gasteiger partial charge in [0.1, 0.15) is 5.82 Å². The third-order valence-electron chi connectivity index (χ3n) is 3.57. The molecule has 0 saturated heterocycles. The zero-order valence-electron chi connectivity index (χ0n) is 12.7. The highest BCUT2D eigenvalue weighted by Crippen LogP contribution is 2.24. The zero-order chi connectivity index (χ0) is 14.5. The number of ether oxygens (including phenoxy) is 1. The van der Waals surface area contributed by atoms with E-state index in [2.05, 4.69) is 24.5 Å². The molecule has 0 saturated carbocycles. The van der Waals surface area contributed by atoms with Crippen LogP contribution in [0.25, 0.3) is 11.0 Å². The maximum Gasteiger partial charge on any atom is 0.127 e. The van der Waals surface area contributed by atoms with E-state index in [0.29, 0.717) is 5.92 Å². The van der Waals surface area contributed by atoms with Gasteiger partial charge in [0, 0.05) is 19.8 Å². The molecule has 4 nitrogen and oxygen atoms in total. The molecule has 4 heteroatoms. The Morgan fingerprint density at radius 1 is 1.30 bits per heavy atom. The summed E-state index contributed by atoms with van der Waals surface area (Å²) in [4.78, 5) is 4.73. The van der Waals surface area contributed by atoms with Crippen LogP contribution in [-0.4, -0.2) is 22.8 Å². The standard InChI is InChI=1S/C16H25N3O/c1-4-20-11-7-10-19-14-9-6-5-8-13(14)18-16(19)15(17)12(2)3/h5-6,8-9,12,15H,4,7,10-11,17H2,1-3H3. The van der Waals surface area contributed by atoms with Crippen LogP contribution in [0.2, 0.25) is 0 Å². The summed E-state index contributed by atoms with van der Waals surface area (Å²) in [7, 11) is 0. The fourth-order valence-electron chi connectivity index (χ4n) is 2.35. The topological polar surface area (TPSA) is 53.1 Å². The second-order valence-corrected chi connectivity index (χ2v) is 5.43. The normalized spacial score (nSPS) is 13.2. The van der Waals surface area contributed by atoms with Gasteiger partial charge < -0.3 is 15.0 Å². The molecule has 1 atom stereocenters. The molecule has 0 fully saturated rings. The number of fused-ring (bicyclic) bond motifs is 1. The summed E-state index contributed by atoms with van der Waals surface area (Å²) in [6, 6.07) is 8.19. The maximum atomic E-state index is 6.32. The lowest BCUT2D eigenvalue weighted by molar-refractivity contribution is 0.141. The number of imidazole rings is 1. The Hall–Kier alpha value is -1.39. The van der Waals surface area contributed by atoms with Gasteiger partial charge in [-0.3, -0.25) is 0 Å². The first-order chi connectivity index (χ1) is 9.65. The lowest BCUT2D eigenvalue weighted by Crippen LogP contribution is -2.22. The van der Waals surface area contributed by atoms with Crippen molar-refractivity contribution in [1.29, 1.82) is 0 Å². The first-order valence-electron chi connectivity index (χ1n) is 7.43. The third kappa shape index (κ3) is 3.19. The van der Waals surface area contributed by atoms with Crippen LogP contribution in [0.1, 0.15) is 39.1 Å². The van der Waals surface area contributed by atoms with E-state index in [1.807, 2.05) is 25.1 Å². The lowest BCUT2D eigenvalue weighted by Gasteiger charge is -2.17. The maximum absolute atomic E-state index is 6.32. The van der Waals surface area contributed by atoms with Crippen LogP contribution in [0.3, 0.4) is 0 Å². The number of nitrogens with zero attached hydrogens (tertiary/aromatic N) is 2. The number of hydrogen-bond acceptors (Lipinski definition) is 3. The number of nitrogens with two attached hydrogens (primary N) is 1. The number of aryl methyl sites for hydroxylation is 1. The van der Waals surface area contributed by atoms with Crippen molar-refractivity contribution >= 4 is 11.0 Å². The van der Waals surface area contributed by atoms with E-state index in [4.69, 9.17) is 15.5 Å². The Kier molecular flexibility index (Phi) is 5.15. The Bertz CT molecular complexity index is 548. The minimum atomic E-state index is -0.0329. The Balaban J connectivity index is 2.29. The molecule has 1 heterocycles. The molecule has 0 aliphatic carbocycles. The summed E-state index contributed by atoms with van der Waals surface area (Å²) in [5.41, 5.74) is 8.50. The second kappa shape index (κ2) is 6.86. The van der Waals surface area contributed by atoms with E-state index in [-0.39, 0.29) is 6.04 Å². The lowest BCUT2D eigenvalue weighted by atomic mass is 10.1. The van der Waals surface area contributed by atoms with Gasteiger partial charge in [0.15, 0.2) is 0 Å². The SMILES string of the molecule is CCOCCCn1c(C(N)C(C)C)nc2ccccc21. The van der Waals surface area contributed by atoms with E-state index in [9.17, 15) is 0 Å². The van der Waals surface area contributed by atoms with Gasteiger partial charge in [-0.25, -0.2) is 4.98 Å². The van der Waals surface area contributed by atoms with Crippen molar-refractivity contribution in [2.24, 2.45) is 11.7 Å². The number of benzene rings is 1. The third-order valence-corrected chi connectivity index (χ3v) is 3.57. The number of aromatic nitrogens is 2. The zero-order valence-corrected chi connectivity index (χ0v) is 12.7. The molecule has 1 aromatic carbocycles. The van der Waals surface area contributed by atoms with E-state index in [0.717, 1.165) is 43.0 Å². The van der Waals surface area contributed by atoms with Crippen molar-refractivity contribution in [2.75, 3.05) is 13.2 Å². The van der Waals surface area contributed by atoms with Gasteiger partial charge in [-0.15, -0.1) is 0 Å². The van der Waals surface area contributed by atoms with Crippen LogP contribution in [0.15, 0.2) is 24.3 Å². The van der Waals surface area contributed by atoms with Crippen LogP contribution in [0.5, 0.6) is 0 Å². The van der Waals surface area contributed by atoms with Gasteiger partial charge in [-0.1, -0.05) is 26.0 Å². The van der Waals surface area contributed by atoms with Crippen LogP contribution < -0.4 is 5.73 Å². The molecular weight excluding hydrogens is 250 g/mol. The molecule has 0 spiro atoms. The smallest absolute Gasteiger partial charge is 0.127 e. The van der Waals surface area contributed by atoms with Crippen molar-refractivity contribution in [1.82, 2.24) is 9.55 Å². The van der Waals surface area contributed by atoms with Gasteiger partial charge in [0.25, 0.3) is 0 Å². The van der Waals surface area contributed by atoms with Gasteiger partial charge in [-0.2, -0.15) is 0 Å². The quantitative estimate of drug-likeness (QED) is 0.790. The minimum Gasteiger partial charge on any atom is -0.382 e. The molecule has 20 heavy (non-hydrogen) atoms. The summed E-state index contributed by atoms with van der Waals surface area (Å²) in [6.45, 7) is 8.73. The average Bonchev–Trinajstić information content (AvgIpc) is 2.81. The molecule has 2 N–H and O–H groups in total. The Morgan fingerprint density at radius 3 is 2.75 bits per heavy atom.